The van der Waals surface area contributed by atoms with Crippen LogP contribution in [0.3, 0.4) is 0 Å². The van der Waals surface area contributed by atoms with Crippen molar-refractivity contribution in [2.24, 2.45) is 0 Å². The molecule has 0 bridgehead atoms. The van der Waals surface area contributed by atoms with Gasteiger partial charge >= 0.3 is 0 Å². The van der Waals surface area contributed by atoms with Crippen LogP contribution >= 0.6 is 11.6 Å². The minimum atomic E-state index is -0.407. The summed E-state index contributed by atoms with van der Waals surface area (Å²) in [6, 6.07) is 11.6. The summed E-state index contributed by atoms with van der Waals surface area (Å²) in [6.45, 7) is 1.82. The van der Waals surface area contributed by atoms with Gasteiger partial charge in [-0.15, -0.1) is 0 Å². The Labute approximate surface area is 128 Å². The highest BCUT2D eigenvalue weighted by Crippen LogP contribution is 2.31. The molecule has 0 unspecified atom stereocenters. The number of nitrogens with one attached hydrogen (secondary N) is 1. The lowest BCUT2D eigenvalue weighted by Gasteiger charge is -2.13. The average Bonchev–Trinajstić information content (AvgIpc) is 2.48. The van der Waals surface area contributed by atoms with Gasteiger partial charge in [-0.25, -0.2) is 4.39 Å². The number of hydrogen-bond acceptors (Lipinski definition) is 3. The first kappa shape index (κ1) is 15.8. The lowest BCUT2D eigenvalue weighted by molar-refractivity contribution is 0.199. The van der Waals surface area contributed by atoms with Crippen molar-refractivity contribution in [3.63, 3.8) is 0 Å². The first-order chi connectivity index (χ1) is 10.2. The van der Waals surface area contributed by atoms with E-state index in [0.717, 1.165) is 5.56 Å². The van der Waals surface area contributed by atoms with E-state index in [2.05, 4.69) is 5.32 Å². The normalized spacial score (nSPS) is 10.6. The third kappa shape index (κ3) is 4.43. The van der Waals surface area contributed by atoms with Crippen LogP contribution in [0.5, 0.6) is 11.5 Å². The zero-order valence-electron chi connectivity index (χ0n) is 11.7. The molecule has 0 aliphatic carbocycles. The Hall–Kier alpha value is -1.62. The summed E-state index contributed by atoms with van der Waals surface area (Å²) in [5, 5.41) is 3.78. The predicted octanol–water partition coefficient (Wildman–Crippen LogP) is 4.01. The van der Waals surface area contributed by atoms with E-state index < -0.39 is 5.82 Å². The molecule has 0 atom stereocenters. The largest absolute Gasteiger partial charge is 0.454 e. The van der Waals surface area contributed by atoms with E-state index >= 15 is 0 Å². The van der Waals surface area contributed by atoms with E-state index in [9.17, 15) is 4.39 Å². The van der Waals surface area contributed by atoms with Crippen LogP contribution in [0.25, 0.3) is 0 Å². The fraction of sp³-hybridized carbons (Fsp3) is 0.250. The van der Waals surface area contributed by atoms with E-state index in [4.69, 9.17) is 21.1 Å². The Kier molecular flexibility index (Phi) is 5.99. The van der Waals surface area contributed by atoms with Crippen LogP contribution in [-0.2, 0) is 11.3 Å². The first-order valence-corrected chi connectivity index (χ1v) is 6.99. The van der Waals surface area contributed by atoms with Crippen LogP contribution in [0.1, 0.15) is 5.56 Å². The van der Waals surface area contributed by atoms with Gasteiger partial charge < -0.3 is 14.8 Å². The van der Waals surface area contributed by atoms with E-state index in [1.54, 1.807) is 43.5 Å². The van der Waals surface area contributed by atoms with Crippen molar-refractivity contribution in [3.8, 4) is 11.5 Å². The molecular formula is C16H17ClFNO2. The van der Waals surface area contributed by atoms with Crippen molar-refractivity contribution >= 4 is 11.6 Å². The smallest absolute Gasteiger partial charge is 0.165 e. The second kappa shape index (κ2) is 7.98. The molecule has 2 aromatic rings. The van der Waals surface area contributed by atoms with Crippen molar-refractivity contribution in [1.82, 2.24) is 5.32 Å². The van der Waals surface area contributed by atoms with Crippen LogP contribution in [-0.4, -0.2) is 20.3 Å². The molecule has 0 heterocycles. The maximum atomic E-state index is 13.7. The molecule has 0 saturated heterocycles. The highest BCUT2D eigenvalue weighted by Gasteiger charge is 2.11. The number of methoxy groups -OCH3 is 1. The molecule has 0 saturated carbocycles. The van der Waals surface area contributed by atoms with Crippen LogP contribution in [0, 0.1) is 5.82 Å². The van der Waals surface area contributed by atoms with Gasteiger partial charge in [0, 0.05) is 30.8 Å². The molecule has 0 radical (unpaired) electrons. The first-order valence-electron chi connectivity index (χ1n) is 6.62. The van der Waals surface area contributed by atoms with Gasteiger partial charge in [0.05, 0.1) is 6.61 Å². The molecule has 0 aromatic heterocycles. The summed E-state index contributed by atoms with van der Waals surface area (Å²) in [6.07, 6.45) is 0. The fourth-order valence-electron chi connectivity index (χ4n) is 1.84. The van der Waals surface area contributed by atoms with Gasteiger partial charge in [-0.2, -0.15) is 0 Å². The Morgan fingerprint density at radius 3 is 2.62 bits per heavy atom. The second-order valence-electron chi connectivity index (χ2n) is 4.42. The van der Waals surface area contributed by atoms with Crippen LogP contribution in [0.15, 0.2) is 42.5 Å². The Balaban J connectivity index is 2.15. The minimum absolute atomic E-state index is 0.179. The molecule has 21 heavy (non-hydrogen) atoms. The zero-order chi connectivity index (χ0) is 15.1. The van der Waals surface area contributed by atoms with Crippen molar-refractivity contribution in [2.45, 2.75) is 6.54 Å². The zero-order valence-corrected chi connectivity index (χ0v) is 12.5. The maximum Gasteiger partial charge on any atom is 0.165 e. The van der Waals surface area contributed by atoms with E-state index in [1.165, 1.54) is 6.07 Å². The molecule has 3 nitrogen and oxygen atoms in total. The number of rotatable bonds is 7. The van der Waals surface area contributed by atoms with Gasteiger partial charge in [0.25, 0.3) is 0 Å². The highest BCUT2D eigenvalue weighted by atomic mass is 35.5. The fourth-order valence-corrected chi connectivity index (χ4v) is 2.07. The number of ether oxygens (including phenoxy) is 2. The second-order valence-corrected chi connectivity index (χ2v) is 4.83. The molecule has 5 heteroatoms. The van der Waals surface area contributed by atoms with Crippen molar-refractivity contribution < 1.29 is 13.9 Å². The van der Waals surface area contributed by atoms with Crippen LogP contribution < -0.4 is 10.1 Å². The molecule has 2 aromatic carbocycles. The third-order valence-corrected chi connectivity index (χ3v) is 3.27. The quantitative estimate of drug-likeness (QED) is 0.784. The summed E-state index contributed by atoms with van der Waals surface area (Å²) in [4.78, 5) is 0. The highest BCUT2D eigenvalue weighted by molar-refractivity contribution is 6.31. The van der Waals surface area contributed by atoms with E-state index in [-0.39, 0.29) is 5.75 Å². The topological polar surface area (TPSA) is 30.5 Å². The summed E-state index contributed by atoms with van der Waals surface area (Å²) in [7, 11) is 1.64. The summed E-state index contributed by atoms with van der Waals surface area (Å²) in [5.41, 5.74) is 0.790. The number of hydrogen-bond donors (Lipinski definition) is 1. The Bertz CT molecular complexity index is 592. The van der Waals surface area contributed by atoms with Gasteiger partial charge in [0.1, 0.15) is 5.75 Å². The Morgan fingerprint density at radius 1 is 1.10 bits per heavy atom. The predicted molar refractivity (Wildman–Crippen MR) is 81.5 cm³/mol. The van der Waals surface area contributed by atoms with Crippen molar-refractivity contribution in [2.75, 3.05) is 20.3 Å². The van der Waals surface area contributed by atoms with Crippen molar-refractivity contribution in [1.29, 1.82) is 0 Å². The van der Waals surface area contributed by atoms with Crippen LogP contribution in [0.4, 0.5) is 4.39 Å². The standard InChI is InChI=1S/C16H17ClFNO2/c1-20-10-9-19-11-12-13(17)5-4-8-15(12)21-16-7-3-2-6-14(16)18/h2-8,19H,9-11H2,1H3. The molecule has 0 amide bonds. The van der Waals surface area contributed by atoms with Crippen LogP contribution in [0.2, 0.25) is 5.02 Å². The molecule has 2 rings (SSSR count). The summed E-state index contributed by atoms with van der Waals surface area (Å²) < 4.78 is 24.3. The van der Waals surface area contributed by atoms with Gasteiger partial charge in [-0.1, -0.05) is 29.8 Å². The SMILES string of the molecule is COCCNCc1c(Cl)cccc1Oc1ccccc1F. The number of para-hydroxylation sites is 1. The molecule has 0 aliphatic heterocycles. The van der Waals surface area contributed by atoms with E-state index in [1.807, 2.05) is 0 Å². The molecule has 0 aliphatic rings. The molecule has 0 spiro atoms. The van der Waals surface area contributed by atoms with Gasteiger partial charge in [0.2, 0.25) is 0 Å². The number of benzene rings is 2. The Morgan fingerprint density at radius 2 is 1.86 bits per heavy atom. The average molecular weight is 310 g/mol. The molecule has 112 valence electrons. The molecule has 1 N–H and O–H groups in total. The van der Waals surface area contributed by atoms with Gasteiger partial charge in [0.15, 0.2) is 11.6 Å². The summed E-state index contributed by atoms with van der Waals surface area (Å²) in [5.74, 6) is 0.311. The molecule has 0 fully saturated rings. The molecular weight excluding hydrogens is 293 g/mol. The van der Waals surface area contributed by atoms with Gasteiger partial charge in [-0.05, 0) is 24.3 Å². The lowest BCUT2D eigenvalue weighted by Crippen LogP contribution is -2.19. The number of halogens is 2. The lowest BCUT2D eigenvalue weighted by atomic mass is 10.2. The summed E-state index contributed by atoms with van der Waals surface area (Å²) >= 11 is 6.20. The minimum Gasteiger partial charge on any atom is -0.454 e. The van der Waals surface area contributed by atoms with E-state index in [0.29, 0.717) is 30.5 Å². The maximum absolute atomic E-state index is 13.7. The van der Waals surface area contributed by atoms with Crippen molar-refractivity contribution in [3.05, 3.63) is 58.9 Å². The monoisotopic (exact) mass is 309 g/mol. The van der Waals surface area contributed by atoms with Gasteiger partial charge in [-0.3, -0.25) is 0 Å². The third-order valence-electron chi connectivity index (χ3n) is 2.92.